The van der Waals surface area contributed by atoms with Gasteiger partial charge in [-0.05, 0) is 24.5 Å². The van der Waals surface area contributed by atoms with Gasteiger partial charge < -0.3 is 14.8 Å². The summed E-state index contributed by atoms with van der Waals surface area (Å²) in [6, 6.07) is 4.12. The van der Waals surface area contributed by atoms with Crippen LogP contribution < -0.4 is 5.32 Å². The lowest BCUT2D eigenvalue weighted by Gasteiger charge is -2.23. The number of rotatable bonds is 5. The molecule has 2 rings (SSSR count). The Balaban J connectivity index is 1.77. The van der Waals surface area contributed by atoms with Crippen molar-refractivity contribution in [1.82, 2.24) is 10.3 Å². The molecule has 0 aromatic carbocycles. The minimum atomic E-state index is 0.275. The van der Waals surface area contributed by atoms with Crippen LogP contribution in [0.4, 0.5) is 0 Å². The van der Waals surface area contributed by atoms with E-state index in [1.54, 1.807) is 0 Å². The Morgan fingerprint density at radius 3 is 3.24 bits per heavy atom. The van der Waals surface area contributed by atoms with Gasteiger partial charge in [-0.15, -0.1) is 0 Å². The molecule has 0 bridgehead atoms. The molecule has 0 spiro atoms. The number of nitrogens with one attached hydrogen (secondary N) is 1. The first-order valence-corrected chi connectivity index (χ1v) is 6.23. The molecule has 0 aliphatic carbocycles. The van der Waals surface area contributed by atoms with Gasteiger partial charge in [0.1, 0.15) is 6.79 Å². The fourth-order valence-corrected chi connectivity index (χ4v) is 1.97. The second kappa shape index (κ2) is 6.69. The highest BCUT2D eigenvalue weighted by Gasteiger charge is 2.13. The molecule has 0 saturated carbocycles. The van der Waals surface area contributed by atoms with Crippen LogP contribution in [0, 0.1) is 0 Å². The second-order valence-corrected chi connectivity index (χ2v) is 4.20. The summed E-state index contributed by atoms with van der Waals surface area (Å²) in [6.07, 6.45) is 4.12. The minimum absolute atomic E-state index is 0.275. The van der Waals surface area contributed by atoms with E-state index in [1.807, 2.05) is 12.3 Å². The van der Waals surface area contributed by atoms with Gasteiger partial charge in [-0.3, -0.25) is 4.98 Å². The Kier molecular flexibility index (Phi) is 4.91. The second-order valence-electron chi connectivity index (χ2n) is 4.20. The molecule has 4 heteroatoms. The molecule has 1 N–H and O–H groups in total. The predicted molar refractivity (Wildman–Crippen MR) is 65.6 cm³/mol. The number of hydrogen-bond acceptors (Lipinski definition) is 4. The van der Waals surface area contributed by atoms with E-state index >= 15 is 0 Å². The Hall–Kier alpha value is -0.970. The van der Waals surface area contributed by atoms with E-state index in [0.717, 1.165) is 38.2 Å². The number of aryl methyl sites for hydroxylation is 1. The van der Waals surface area contributed by atoms with E-state index in [9.17, 15) is 0 Å². The number of aromatic nitrogens is 1. The highest BCUT2D eigenvalue weighted by molar-refractivity contribution is 5.19. The quantitative estimate of drug-likeness (QED) is 0.841. The maximum atomic E-state index is 5.47. The molecule has 94 valence electrons. The summed E-state index contributed by atoms with van der Waals surface area (Å²) in [4.78, 5) is 4.40. The normalized spacial score (nSPS) is 20.4. The maximum absolute atomic E-state index is 5.47. The van der Waals surface area contributed by atoms with Crippen molar-refractivity contribution in [2.45, 2.75) is 32.4 Å². The molecule has 2 heterocycles. The van der Waals surface area contributed by atoms with E-state index in [1.165, 1.54) is 5.56 Å². The topological polar surface area (TPSA) is 43.4 Å². The molecule has 1 saturated heterocycles. The molecule has 1 aromatic heterocycles. The van der Waals surface area contributed by atoms with E-state index in [-0.39, 0.29) is 6.10 Å². The van der Waals surface area contributed by atoms with E-state index < -0.39 is 0 Å². The van der Waals surface area contributed by atoms with E-state index in [0.29, 0.717) is 6.79 Å². The molecule has 1 atom stereocenters. The molecular formula is C13H20N2O2. The average Bonchev–Trinajstić information content (AvgIpc) is 2.40. The Morgan fingerprint density at radius 1 is 1.53 bits per heavy atom. The first-order valence-electron chi connectivity index (χ1n) is 6.23. The van der Waals surface area contributed by atoms with Crippen LogP contribution in [0.25, 0.3) is 0 Å². The zero-order chi connectivity index (χ0) is 11.9. The summed E-state index contributed by atoms with van der Waals surface area (Å²) >= 11 is 0. The van der Waals surface area contributed by atoms with Crippen LogP contribution in [0.5, 0.6) is 0 Å². The van der Waals surface area contributed by atoms with Crippen molar-refractivity contribution in [2.75, 3.05) is 19.9 Å². The Morgan fingerprint density at radius 2 is 2.47 bits per heavy atom. The SMILES string of the molecule is CCc1cccnc1CNCC1CCOCO1. The third kappa shape index (κ3) is 3.77. The molecule has 1 unspecified atom stereocenters. The highest BCUT2D eigenvalue weighted by Crippen LogP contribution is 2.07. The first kappa shape index (κ1) is 12.5. The standard InChI is InChI=1S/C13H20N2O2/c1-2-11-4-3-6-15-13(11)9-14-8-12-5-7-16-10-17-12/h3-4,6,12,14H,2,5,7-10H2,1H3. The van der Waals surface area contributed by atoms with Crippen LogP contribution in [-0.4, -0.2) is 31.0 Å². The van der Waals surface area contributed by atoms with Gasteiger partial charge in [-0.2, -0.15) is 0 Å². The van der Waals surface area contributed by atoms with Crippen molar-refractivity contribution in [1.29, 1.82) is 0 Å². The van der Waals surface area contributed by atoms with Crippen LogP contribution >= 0.6 is 0 Å². The van der Waals surface area contributed by atoms with Crippen LogP contribution in [0.15, 0.2) is 18.3 Å². The van der Waals surface area contributed by atoms with Gasteiger partial charge in [-0.25, -0.2) is 0 Å². The van der Waals surface area contributed by atoms with Crippen molar-refractivity contribution in [3.8, 4) is 0 Å². The zero-order valence-corrected chi connectivity index (χ0v) is 10.3. The van der Waals surface area contributed by atoms with E-state index in [4.69, 9.17) is 9.47 Å². The van der Waals surface area contributed by atoms with Crippen molar-refractivity contribution in [3.05, 3.63) is 29.6 Å². The molecule has 1 fully saturated rings. The van der Waals surface area contributed by atoms with Crippen molar-refractivity contribution < 1.29 is 9.47 Å². The third-order valence-corrected chi connectivity index (χ3v) is 3.00. The van der Waals surface area contributed by atoms with Gasteiger partial charge in [0, 0.05) is 19.3 Å². The van der Waals surface area contributed by atoms with Crippen LogP contribution in [0.3, 0.4) is 0 Å². The Labute approximate surface area is 102 Å². The summed E-state index contributed by atoms with van der Waals surface area (Å²) in [7, 11) is 0. The maximum Gasteiger partial charge on any atom is 0.147 e. The first-order chi connectivity index (χ1) is 8.40. The predicted octanol–water partition coefficient (Wildman–Crippen LogP) is 1.50. The van der Waals surface area contributed by atoms with Gasteiger partial charge in [0.05, 0.1) is 18.4 Å². The van der Waals surface area contributed by atoms with Crippen molar-refractivity contribution >= 4 is 0 Å². The van der Waals surface area contributed by atoms with Gasteiger partial charge in [-0.1, -0.05) is 13.0 Å². The molecule has 1 aliphatic heterocycles. The smallest absolute Gasteiger partial charge is 0.147 e. The highest BCUT2D eigenvalue weighted by atomic mass is 16.7. The average molecular weight is 236 g/mol. The Bertz CT molecular complexity index is 338. The zero-order valence-electron chi connectivity index (χ0n) is 10.3. The summed E-state index contributed by atoms with van der Waals surface area (Å²) in [5.74, 6) is 0. The molecule has 1 aromatic rings. The molecule has 17 heavy (non-hydrogen) atoms. The van der Waals surface area contributed by atoms with Gasteiger partial charge in [0.25, 0.3) is 0 Å². The molecule has 0 radical (unpaired) electrons. The fraction of sp³-hybridized carbons (Fsp3) is 0.615. The summed E-state index contributed by atoms with van der Waals surface area (Å²) in [5, 5.41) is 3.40. The molecule has 0 amide bonds. The number of hydrogen-bond donors (Lipinski definition) is 1. The van der Waals surface area contributed by atoms with Crippen molar-refractivity contribution in [2.24, 2.45) is 0 Å². The number of pyridine rings is 1. The lowest BCUT2D eigenvalue weighted by Crippen LogP contribution is -2.34. The summed E-state index contributed by atoms with van der Waals surface area (Å²) in [6.45, 7) is 5.06. The summed E-state index contributed by atoms with van der Waals surface area (Å²) < 4.78 is 10.6. The molecule has 4 nitrogen and oxygen atoms in total. The lowest BCUT2D eigenvalue weighted by molar-refractivity contribution is -0.137. The third-order valence-electron chi connectivity index (χ3n) is 3.00. The fourth-order valence-electron chi connectivity index (χ4n) is 1.97. The van der Waals surface area contributed by atoms with Crippen LogP contribution in [0.2, 0.25) is 0 Å². The van der Waals surface area contributed by atoms with Gasteiger partial charge >= 0.3 is 0 Å². The molecular weight excluding hydrogens is 216 g/mol. The largest absolute Gasteiger partial charge is 0.355 e. The number of ether oxygens (including phenoxy) is 2. The van der Waals surface area contributed by atoms with Gasteiger partial charge in [0.2, 0.25) is 0 Å². The summed E-state index contributed by atoms with van der Waals surface area (Å²) in [5.41, 5.74) is 2.45. The minimum Gasteiger partial charge on any atom is -0.355 e. The van der Waals surface area contributed by atoms with Crippen LogP contribution in [-0.2, 0) is 22.4 Å². The van der Waals surface area contributed by atoms with E-state index in [2.05, 4.69) is 23.3 Å². The lowest BCUT2D eigenvalue weighted by atomic mass is 10.1. The van der Waals surface area contributed by atoms with Gasteiger partial charge in [0.15, 0.2) is 0 Å². The monoisotopic (exact) mass is 236 g/mol. The number of nitrogens with zero attached hydrogens (tertiary/aromatic N) is 1. The van der Waals surface area contributed by atoms with Crippen molar-refractivity contribution in [3.63, 3.8) is 0 Å². The molecule has 1 aliphatic rings. The van der Waals surface area contributed by atoms with Crippen LogP contribution in [0.1, 0.15) is 24.6 Å².